The van der Waals surface area contributed by atoms with Crippen LogP contribution < -0.4 is 25.5 Å². The molecule has 5 heterocycles. The lowest BCUT2D eigenvalue weighted by Gasteiger charge is -2.46. The molecule has 2 aliphatic heterocycles. The van der Waals surface area contributed by atoms with E-state index in [-0.39, 0.29) is 28.5 Å². The van der Waals surface area contributed by atoms with Gasteiger partial charge < -0.3 is 19.0 Å². The van der Waals surface area contributed by atoms with Crippen molar-refractivity contribution in [2.24, 2.45) is 0 Å². The van der Waals surface area contributed by atoms with Crippen LogP contribution in [-0.2, 0) is 21.7 Å². The zero-order valence-electron chi connectivity index (χ0n) is 50.8. The van der Waals surface area contributed by atoms with E-state index in [1.165, 1.54) is 91.4 Å². The SMILES string of the molecule is CC(C)(C)c1ccc(N2B3c4cc5sccc5cc4N(c4ccc(C(C)(C)C)cc4-c4ccccc4)c4c3c(cc3c4oc4ccccc43)-c3cc4c(cc32)sc2cc(N(c3ccc(C(C)(C)C)cc3)c3ccc(C(C)(C)C)cc3)ccc24)cc1. The maximum atomic E-state index is 7.36. The summed E-state index contributed by atoms with van der Waals surface area (Å²) in [6, 6.07) is 76.6. The van der Waals surface area contributed by atoms with Crippen LogP contribution in [0.4, 0.5) is 45.5 Å². The summed E-state index contributed by atoms with van der Waals surface area (Å²) in [5.74, 6) is 0. The molecule has 10 aromatic carbocycles. The molecule has 15 rings (SSSR count). The second-order valence-corrected chi connectivity index (χ2v) is 29.9. The van der Waals surface area contributed by atoms with Crippen LogP contribution in [0.25, 0.3) is 74.5 Å². The Kier molecular flexibility index (Phi) is 12.0. The molecule has 0 radical (unpaired) electrons. The van der Waals surface area contributed by atoms with Crippen molar-refractivity contribution in [1.82, 2.24) is 0 Å². The fourth-order valence-electron chi connectivity index (χ4n) is 13.4. The van der Waals surface area contributed by atoms with Gasteiger partial charge in [0.1, 0.15) is 5.58 Å². The third kappa shape index (κ3) is 8.74. The van der Waals surface area contributed by atoms with Crippen molar-refractivity contribution in [3.63, 3.8) is 0 Å². The van der Waals surface area contributed by atoms with E-state index in [0.717, 1.165) is 61.8 Å². The topological polar surface area (TPSA) is 22.9 Å². The summed E-state index contributed by atoms with van der Waals surface area (Å²) >= 11 is 3.72. The van der Waals surface area contributed by atoms with Crippen LogP contribution in [0.5, 0.6) is 0 Å². The molecule has 0 aliphatic carbocycles. The molecule has 0 unspecified atom stereocenters. The average molecular weight is 1140 g/mol. The normalized spacial score (nSPS) is 13.6. The Labute approximate surface area is 508 Å². The monoisotopic (exact) mass is 1140 g/mol. The Morgan fingerprint density at radius 2 is 1.01 bits per heavy atom. The van der Waals surface area contributed by atoms with Crippen molar-refractivity contribution < 1.29 is 4.42 Å². The maximum Gasteiger partial charge on any atom is 0.333 e. The van der Waals surface area contributed by atoms with Gasteiger partial charge in [0.2, 0.25) is 0 Å². The summed E-state index contributed by atoms with van der Waals surface area (Å²) in [4.78, 5) is 7.70. The molecule has 7 heteroatoms. The van der Waals surface area contributed by atoms with E-state index in [1.807, 2.05) is 22.7 Å². The number of benzene rings is 10. The highest BCUT2D eigenvalue weighted by molar-refractivity contribution is 7.26. The standard InChI is InChI=1S/C78H70BN3OS2/c1-75(2,3)49-22-29-53(30-23-49)80(54-31-24-50(25-32-54)76(4,5)6)56-35-36-58-61-43-60-62-44-63-57-20-16-17-21-68(57)83-74(63)73-72(62)79(82(66(60)46-71(61)85-70(58)42-56)55-33-26-51(27-34-55)77(7,8)9)64-45-69-48(38-39-84-69)40-67(64)81(73)65-37-28-52(78(10,11)12)41-59(65)47-18-14-13-15-19-47/h13-46H,1-12H3. The van der Waals surface area contributed by atoms with Gasteiger partial charge >= 0.3 is 6.85 Å². The molecule has 3 aromatic heterocycles. The lowest BCUT2D eigenvalue weighted by molar-refractivity contribution is 0.590. The predicted octanol–water partition coefficient (Wildman–Crippen LogP) is 22.2. The first-order valence-electron chi connectivity index (χ1n) is 30.1. The van der Waals surface area contributed by atoms with E-state index in [2.05, 4.69) is 303 Å². The van der Waals surface area contributed by atoms with Crippen molar-refractivity contribution in [3.8, 4) is 22.3 Å². The largest absolute Gasteiger partial charge is 0.454 e. The first-order valence-corrected chi connectivity index (χ1v) is 31.8. The van der Waals surface area contributed by atoms with Crippen molar-refractivity contribution in [2.45, 2.75) is 105 Å². The van der Waals surface area contributed by atoms with Gasteiger partial charge in [0, 0.05) is 80.9 Å². The molecular weight excluding hydrogens is 1070 g/mol. The number of nitrogens with zero attached hydrogens (tertiary/aromatic N) is 3. The quantitative estimate of drug-likeness (QED) is 0.155. The van der Waals surface area contributed by atoms with Gasteiger partial charge in [-0.3, -0.25) is 0 Å². The van der Waals surface area contributed by atoms with Crippen LogP contribution in [0.1, 0.15) is 105 Å². The Bertz CT molecular complexity index is 4750. The number of fused-ring (bicyclic) bond motifs is 12. The van der Waals surface area contributed by atoms with Crippen molar-refractivity contribution in [2.75, 3.05) is 14.6 Å². The van der Waals surface area contributed by atoms with Crippen LogP contribution in [0.3, 0.4) is 0 Å². The zero-order chi connectivity index (χ0) is 58.6. The van der Waals surface area contributed by atoms with Crippen molar-refractivity contribution >= 4 is 138 Å². The van der Waals surface area contributed by atoms with Gasteiger partial charge in [0.15, 0.2) is 5.58 Å². The molecule has 0 N–H and O–H groups in total. The minimum absolute atomic E-state index is 0.0177. The van der Waals surface area contributed by atoms with Gasteiger partial charge in [0.25, 0.3) is 0 Å². The lowest BCUT2D eigenvalue weighted by atomic mass is 9.43. The van der Waals surface area contributed by atoms with Gasteiger partial charge in [-0.2, -0.15) is 0 Å². The molecule has 0 saturated heterocycles. The molecule has 0 atom stereocenters. The van der Waals surface area contributed by atoms with Gasteiger partial charge in [-0.15, -0.1) is 22.7 Å². The molecule has 0 fully saturated rings. The maximum absolute atomic E-state index is 7.36. The van der Waals surface area contributed by atoms with Gasteiger partial charge in [-0.05, 0) is 180 Å². The number of hydrogen-bond acceptors (Lipinski definition) is 6. The molecular formula is C78H70BN3OS2. The van der Waals surface area contributed by atoms with Crippen LogP contribution in [0.15, 0.2) is 210 Å². The summed E-state index contributed by atoms with van der Waals surface area (Å²) in [6.45, 7) is 27.4. The lowest BCUT2D eigenvalue weighted by Crippen LogP contribution is -2.61. The molecule has 85 heavy (non-hydrogen) atoms. The van der Waals surface area contributed by atoms with Gasteiger partial charge in [-0.1, -0.05) is 180 Å². The van der Waals surface area contributed by atoms with Crippen LogP contribution in [0, 0.1) is 0 Å². The Balaban J connectivity index is 1.02. The smallest absolute Gasteiger partial charge is 0.333 e. The summed E-state index contributed by atoms with van der Waals surface area (Å²) in [5, 5.41) is 8.21. The highest BCUT2D eigenvalue weighted by Crippen LogP contribution is 2.55. The summed E-state index contributed by atoms with van der Waals surface area (Å²) in [7, 11) is 0. The van der Waals surface area contributed by atoms with E-state index < -0.39 is 0 Å². The number of thiophene rings is 2. The molecule has 13 aromatic rings. The predicted molar refractivity (Wildman–Crippen MR) is 371 cm³/mol. The van der Waals surface area contributed by atoms with Crippen molar-refractivity contribution in [1.29, 1.82) is 0 Å². The van der Waals surface area contributed by atoms with Crippen LogP contribution >= 0.6 is 22.7 Å². The zero-order valence-corrected chi connectivity index (χ0v) is 52.4. The highest BCUT2D eigenvalue weighted by atomic mass is 32.1. The fraction of sp³-hybridized carbons (Fsp3) is 0.205. The van der Waals surface area contributed by atoms with E-state index in [1.54, 1.807) is 0 Å². The van der Waals surface area contributed by atoms with Crippen molar-refractivity contribution in [3.05, 3.63) is 228 Å². The first kappa shape index (κ1) is 53.4. The summed E-state index contributed by atoms with van der Waals surface area (Å²) in [5.41, 5.74) is 23.4. The molecule has 0 saturated carbocycles. The minimum atomic E-state index is -0.219. The molecule has 4 nitrogen and oxygen atoms in total. The highest BCUT2D eigenvalue weighted by Gasteiger charge is 2.48. The van der Waals surface area contributed by atoms with Crippen LogP contribution in [0.2, 0.25) is 0 Å². The first-order chi connectivity index (χ1) is 40.7. The Morgan fingerprint density at radius 1 is 0.424 bits per heavy atom. The molecule has 2 aliphatic rings. The summed E-state index contributed by atoms with van der Waals surface area (Å²) < 4.78 is 11.1. The Hall–Kier alpha value is -8.36. The molecule has 0 spiro atoms. The van der Waals surface area contributed by atoms with E-state index in [9.17, 15) is 0 Å². The van der Waals surface area contributed by atoms with Crippen LogP contribution in [-0.4, -0.2) is 6.85 Å². The van der Waals surface area contributed by atoms with Gasteiger partial charge in [-0.25, -0.2) is 0 Å². The number of anilines is 8. The number of furan rings is 1. The molecule has 0 amide bonds. The summed E-state index contributed by atoms with van der Waals surface area (Å²) in [6.07, 6.45) is 0. The minimum Gasteiger partial charge on any atom is -0.454 e. The number of hydrogen-bond donors (Lipinski definition) is 0. The second-order valence-electron chi connectivity index (χ2n) is 27.9. The van der Waals surface area contributed by atoms with Gasteiger partial charge in [0.05, 0.1) is 11.4 Å². The third-order valence-corrected chi connectivity index (χ3v) is 20.1. The third-order valence-electron chi connectivity index (χ3n) is 18.1. The van der Waals surface area contributed by atoms with E-state index >= 15 is 0 Å². The van der Waals surface area contributed by atoms with E-state index in [4.69, 9.17) is 4.42 Å². The number of rotatable bonds is 6. The fourth-order valence-corrected chi connectivity index (χ4v) is 15.4. The molecule has 0 bridgehead atoms. The molecule has 418 valence electrons. The van der Waals surface area contributed by atoms with E-state index in [0.29, 0.717) is 0 Å². The number of para-hydroxylation sites is 1. The Morgan fingerprint density at radius 3 is 1.67 bits per heavy atom. The second kappa shape index (κ2) is 19.1. The average Bonchev–Trinajstić information content (AvgIpc) is 1.77.